The molecule has 1 atom stereocenters. The molecule has 0 saturated heterocycles. The van der Waals surface area contributed by atoms with Crippen molar-refractivity contribution < 1.29 is 13.2 Å². The Balaban J connectivity index is 2.55. The van der Waals surface area contributed by atoms with Gasteiger partial charge in [0.15, 0.2) is 0 Å². The first-order valence-electron chi connectivity index (χ1n) is 4.82. The SMILES string of the molecule is NC[C@@H](Cc1ccccc1)CC(F)(F)F. The second-order valence-electron chi connectivity index (χ2n) is 3.61. The monoisotopic (exact) mass is 217 g/mol. The molecule has 0 aliphatic heterocycles. The average molecular weight is 217 g/mol. The van der Waals surface area contributed by atoms with Gasteiger partial charge < -0.3 is 5.73 Å². The predicted molar refractivity (Wildman–Crippen MR) is 53.4 cm³/mol. The highest BCUT2D eigenvalue weighted by molar-refractivity contribution is 5.15. The van der Waals surface area contributed by atoms with Crippen LogP contribution < -0.4 is 5.73 Å². The average Bonchev–Trinajstić information content (AvgIpc) is 2.16. The molecule has 1 aromatic carbocycles. The van der Waals surface area contributed by atoms with Gasteiger partial charge in [0, 0.05) is 6.42 Å². The van der Waals surface area contributed by atoms with Crippen LogP contribution in [0.5, 0.6) is 0 Å². The minimum Gasteiger partial charge on any atom is -0.330 e. The molecule has 0 heterocycles. The first kappa shape index (κ1) is 12.0. The van der Waals surface area contributed by atoms with Gasteiger partial charge >= 0.3 is 6.18 Å². The van der Waals surface area contributed by atoms with E-state index in [2.05, 4.69) is 0 Å². The number of hydrogen-bond donors (Lipinski definition) is 1. The van der Waals surface area contributed by atoms with Gasteiger partial charge in [0.25, 0.3) is 0 Å². The molecule has 0 saturated carbocycles. The maximum Gasteiger partial charge on any atom is 0.389 e. The summed E-state index contributed by atoms with van der Waals surface area (Å²) in [4.78, 5) is 0. The molecule has 0 aliphatic carbocycles. The summed E-state index contributed by atoms with van der Waals surface area (Å²) in [5, 5.41) is 0. The summed E-state index contributed by atoms with van der Waals surface area (Å²) in [7, 11) is 0. The van der Waals surface area contributed by atoms with Crippen LogP contribution in [0.15, 0.2) is 30.3 Å². The number of halogens is 3. The van der Waals surface area contributed by atoms with Crippen molar-refractivity contribution in [1.29, 1.82) is 0 Å². The van der Waals surface area contributed by atoms with Crippen molar-refractivity contribution in [2.24, 2.45) is 11.7 Å². The molecular weight excluding hydrogens is 203 g/mol. The van der Waals surface area contributed by atoms with Crippen molar-refractivity contribution in [3.63, 3.8) is 0 Å². The van der Waals surface area contributed by atoms with Crippen LogP contribution in [0.3, 0.4) is 0 Å². The second kappa shape index (κ2) is 5.16. The molecule has 0 bridgehead atoms. The zero-order valence-corrected chi connectivity index (χ0v) is 8.30. The Kier molecular flexibility index (Phi) is 4.15. The lowest BCUT2D eigenvalue weighted by Gasteiger charge is -2.16. The molecule has 2 N–H and O–H groups in total. The van der Waals surface area contributed by atoms with E-state index in [1.54, 1.807) is 0 Å². The fraction of sp³-hybridized carbons (Fsp3) is 0.455. The normalized spacial score (nSPS) is 13.9. The first-order valence-corrected chi connectivity index (χ1v) is 4.82. The van der Waals surface area contributed by atoms with E-state index < -0.39 is 18.5 Å². The van der Waals surface area contributed by atoms with E-state index in [1.807, 2.05) is 30.3 Å². The summed E-state index contributed by atoms with van der Waals surface area (Å²) in [5.74, 6) is -0.521. The van der Waals surface area contributed by atoms with E-state index in [0.717, 1.165) is 5.56 Å². The van der Waals surface area contributed by atoms with Gasteiger partial charge in [-0.3, -0.25) is 0 Å². The van der Waals surface area contributed by atoms with E-state index >= 15 is 0 Å². The van der Waals surface area contributed by atoms with Crippen LogP contribution in [0.25, 0.3) is 0 Å². The van der Waals surface area contributed by atoms with Crippen molar-refractivity contribution in [2.45, 2.75) is 19.0 Å². The third-order valence-corrected chi connectivity index (χ3v) is 2.22. The molecule has 0 fully saturated rings. The molecule has 0 aromatic heterocycles. The Bertz CT molecular complexity index is 282. The number of rotatable bonds is 4. The lowest BCUT2D eigenvalue weighted by atomic mass is 9.96. The molecule has 4 heteroatoms. The van der Waals surface area contributed by atoms with Crippen LogP contribution in [-0.2, 0) is 6.42 Å². The highest BCUT2D eigenvalue weighted by atomic mass is 19.4. The Labute approximate surface area is 87.1 Å². The van der Waals surface area contributed by atoms with E-state index in [9.17, 15) is 13.2 Å². The minimum atomic E-state index is -4.13. The topological polar surface area (TPSA) is 26.0 Å². The Morgan fingerprint density at radius 3 is 2.20 bits per heavy atom. The molecule has 0 amide bonds. The van der Waals surface area contributed by atoms with Crippen molar-refractivity contribution in [2.75, 3.05) is 6.54 Å². The molecule has 15 heavy (non-hydrogen) atoms. The van der Waals surface area contributed by atoms with E-state index in [-0.39, 0.29) is 6.54 Å². The summed E-state index contributed by atoms with van der Waals surface area (Å²) in [6.45, 7) is 0.0639. The largest absolute Gasteiger partial charge is 0.389 e. The van der Waals surface area contributed by atoms with Crippen molar-refractivity contribution in [3.8, 4) is 0 Å². The number of nitrogens with two attached hydrogens (primary N) is 1. The minimum absolute atomic E-state index is 0.0639. The zero-order chi connectivity index (χ0) is 11.3. The van der Waals surface area contributed by atoms with Crippen LogP contribution in [0, 0.1) is 5.92 Å². The summed E-state index contributed by atoms with van der Waals surface area (Å²) < 4.78 is 36.4. The maximum absolute atomic E-state index is 12.1. The van der Waals surface area contributed by atoms with Crippen molar-refractivity contribution >= 4 is 0 Å². The van der Waals surface area contributed by atoms with Crippen LogP contribution in [0.2, 0.25) is 0 Å². The summed E-state index contributed by atoms with van der Waals surface area (Å²) in [5.41, 5.74) is 6.23. The van der Waals surface area contributed by atoms with Gasteiger partial charge in [-0.2, -0.15) is 13.2 Å². The molecular formula is C11H14F3N. The molecule has 0 spiro atoms. The second-order valence-corrected chi connectivity index (χ2v) is 3.61. The van der Waals surface area contributed by atoms with Crippen LogP contribution >= 0.6 is 0 Å². The molecule has 1 nitrogen and oxygen atoms in total. The number of hydrogen-bond acceptors (Lipinski definition) is 1. The molecule has 0 aliphatic rings. The van der Waals surface area contributed by atoms with E-state index in [4.69, 9.17) is 5.73 Å². The first-order chi connectivity index (χ1) is 7.01. The van der Waals surface area contributed by atoms with Gasteiger partial charge in [0.2, 0.25) is 0 Å². The Hall–Kier alpha value is -1.03. The third-order valence-electron chi connectivity index (χ3n) is 2.22. The van der Waals surface area contributed by atoms with Crippen LogP contribution in [0.4, 0.5) is 13.2 Å². The van der Waals surface area contributed by atoms with Crippen molar-refractivity contribution in [1.82, 2.24) is 0 Å². The number of benzene rings is 1. The van der Waals surface area contributed by atoms with Gasteiger partial charge in [0.1, 0.15) is 0 Å². The number of alkyl halides is 3. The van der Waals surface area contributed by atoms with E-state index in [1.165, 1.54) is 0 Å². The Morgan fingerprint density at radius 1 is 1.13 bits per heavy atom. The van der Waals surface area contributed by atoms with Crippen LogP contribution in [-0.4, -0.2) is 12.7 Å². The van der Waals surface area contributed by atoms with Gasteiger partial charge in [-0.1, -0.05) is 30.3 Å². The molecule has 1 aromatic rings. The van der Waals surface area contributed by atoms with E-state index in [0.29, 0.717) is 6.42 Å². The summed E-state index contributed by atoms with van der Waals surface area (Å²) in [6, 6.07) is 9.11. The molecule has 1 rings (SSSR count). The summed E-state index contributed by atoms with van der Waals surface area (Å²) in [6.07, 6.45) is -4.55. The zero-order valence-electron chi connectivity index (χ0n) is 8.30. The lowest BCUT2D eigenvalue weighted by Crippen LogP contribution is -2.24. The third kappa shape index (κ3) is 4.83. The fourth-order valence-electron chi connectivity index (χ4n) is 1.51. The van der Waals surface area contributed by atoms with Gasteiger partial charge in [0.05, 0.1) is 0 Å². The fourth-order valence-corrected chi connectivity index (χ4v) is 1.51. The standard InChI is InChI=1S/C11H14F3N/c12-11(13,14)7-10(8-15)6-9-4-2-1-3-5-9/h1-5,10H,6-8,15H2/t10-/m0/s1. The van der Waals surface area contributed by atoms with Gasteiger partial charge in [-0.25, -0.2) is 0 Å². The molecule has 84 valence electrons. The Morgan fingerprint density at radius 2 is 1.73 bits per heavy atom. The van der Waals surface area contributed by atoms with Crippen molar-refractivity contribution in [3.05, 3.63) is 35.9 Å². The van der Waals surface area contributed by atoms with Gasteiger partial charge in [-0.15, -0.1) is 0 Å². The maximum atomic E-state index is 12.1. The van der Waals surface area contributed by atoms with Crippen LogP contribution in [0.1, 0.15) is 12.0 Å². The lowest BCUT2D eigenvalue weighted by molar-refractivity contribution is -0.143. The predicted octanol–water partition coefficient (Wildman–Crippen LogP) is 2.76. The van der Waals surface area contributed by atoms with Gasteiger partial charge in [-0.05, 0) is 24.4 Å². The smallest absolute Gasteiger partial charge is 0.330 e. The highest BCUT2D eigenvalue weighted by Crippen LogP contribution is 2.26. The highest BCUT2D eigenvalue weighted by Gasteiger charge is 2.31. The molecule has 0 unspecified atom stereocenters. The summed E-state index contributed by atoms with van der Waals surface area (Å²) >= 11 is 0. The quantitative estimate of drug-likeness (QED) is 0.824. The molecule has 0 radical (unpaired) electrons.